The number of carbonyl (C=O) groups is 1. The highest BCUT2D eigenvalue weighted by molar-refractivity contribution is 6.70. The molecule has 0 bridgehead atoms. The van der Waals surface area contributed by atoms with E-state index in [9.17, 15) is 9.90 Å². The van der Waals surface area contributed by atoms with Gasteiger partial charge in [-0.15, -0.1) is 0 Å². The Morgan fingerprint density at radius 2 is 1.67 bits per heavy atom. The van der Waals surface area contributed by atoms with Gasteiger partial charge < -0.3 is 9.53 Å². The maximum Gasteiger partial charge on any atom is 0.185 e. The molecule has 0 spiro atoms. The van der Waals surface area contributed by atoms with Gasteiger partial charge in [-0.3, -0.25) is 4.79 Å². The number of hydrogen-bond donors (Lipinski definition) is 1. The van der Waals surface area contributed by atoms with E-state index in [0.29, 0.717) is 5.92 Å². The van der Waals surface area contributed by atoms with E-state index in [-0.39, 0.29) is 11.7 Å². The van der Waals surface area contributed by atoms with Gasteiger partial charge in [0.25, 0.3) is 0 Å². The van der Waals surface area contributed by atoms with E-state index in [0.717, 1.165) is 5.56 Å². The van der Waals surface area contributed by atoms with E-state index in [1.165, 1.54) is 32.1 Å². The lowest BCUT2D eigenvalue weighted by molar-refractivity contribution is -0.144. The molecule has 0 unspecified atom stereocenters. The van der Waals surface area contributed by atoms with Gasteiger partial charge in [0, 0.05) is 5.92 Å². The molecule has 1 N–H and O–H groups in total. The van der Waals surface area contributed by atoms with Crippen molar-refractivity contribution in [2.24, 2.45) is 17.8 Å². The smallest absolute Gasteiger partial charge is 0.185 e. The molecule has 1 saturated carbocycles. The third kappa shape index (κ3) is 5.52. The molecule has 1 aromatic rings. The van der Waals surface area contributed by atoms with E-state index >= 15 is 0 Å². The number of aliphatic hydroxyl groups is 1. The third-order valence-electron chi connectivity index (χ3n) is 6.16. The minimum atomic E-state index is -1.98. The largest absolute Gasteiger partial charge is 0.402 e. The highest BCUT2D eigenvalue weighted by atomic mass is 28.4. The van der Waals surface area contributed by atoms with Crippen molar-refractivity contribution in [2.45, 2.75) is 84.2 Å². The molecule has 1 fully saturated rings. The summed E-state index contributed by atoms with van der Waals surface area (Å²) in [7, 11) is -1.98. The average Bonchev–Trinajstić information content (AvgIpc) is 2.65. The van der Waals surface area contributed by atoms with Crippen molar-refractivity contribution in [2.75, 3.05) is 0 Å². The van der Waals surface area contributed by atoms with Gasteiger partial charge in [0.15, 0.2) is 14.1 Å². The van der Waals surface area contributed by atoms with Crippen molar-refractivity contribution < 1.29 is 14.3 Å². The topological polar surface area (TPSA) is 46.5 Å². The monoisotopic (exact) mass is 390 g/mol. The van der Waals surface area contributed by atoms with Crippen LogP contribution in [0.1, 0.15) is 58.4 Å². The fourth-order valence-electron chi connectivity index (χ4n) is 4.60. The first-order valence-corrected chi connectivity index (χ1v) is 13.9. The maximum absolute atomic E-state index is 13.6. The van der Waals surface area contributed by atoms with Gasteiger partial charge in [-0.2, -0.15) is 0 Å². The summed E-state index contributed by atoms with van der Waals surface area (Å²) in [5.74, 6) is 0.191. The van der Waals surface area contributed by atoms with Crippen molar-refractivity contribution in [3.63, 3.8) is 0 Å². The summed E-state index contributed by atoms with van der Waals surface area (Å²) in [5.41, 5.74) is -0.139. The fraction of sp³-hybridized carbons (Fsp3) is 0.696. The zero-order chi connectivity index (χ0) is 20.2. The number of aliphatic hydroxyl groups excluding tert-OH is 1. The second kappa shape index (κ2) is 9.02. The van der Waals surface area contributed by atoms with Gasteiger partial charge in [-0.05, 0) is 44.0 Å². The van der Waals surface area contributed by atoms with Crippen molar-refractivity contribution >= 4 is 14.1 Å². The van der Waals surface area contributed by atoms with Crippen molar-refractivity contribution in [1.82, 2.24) is 0 Å². The fourth-order valence-corrected chi connectivity index (χ4v) is 6.05. The molecule has 0 radical (unpaired) electrons. The molecule has 1 aromatic carbocycles. The van der Waals surface area contributed by atoms with Gasteiger partial charge in [0.1, 0.15) is 5.60 Å². The summed E-state index contributed by atoms with van der Waals surface area (Å²) < 4.78 is 6.45. The summed E-state index contributed by atoms with van der Waals surface area (Å²) in [6.45, 7) is 12.2. The molecule has 2 rings (SSSR count). The number of hydrogen-bond acceptors (Lipinski definition) is 3. The number of benzene rings is 1. The molecule has 0 amide bonds. The first-order chi connectivity index (χ1) is 12.6. The summed E-state index contributed by atoms with van der Waals surface area (Å²) in [4.78, 5) is 13.6. The van der Waals surface area contributed by atoms with Crippen LogP contribution in [0.15, 0.2) is 30.3 Å². The van der Waals surface area contributed by atoms with Gasteiger partial charge in [-0.25, -0.2) is 0 Å². The van der Waals surface area contributed by atoms with Crippen LogP contribution in [-0.2, 0) is 14.8 Å². The highest BCUT2D eigenvalue weighted by Crippen LogP contribution is 2.37. The average molecular weight is 391 g/mol. The van der Waals surface area contributed by atoms with Crippen LogP contribution < -0.4 is 0 Å². The molecule has 0 heterocycles. The number of ketones is 1. The predicted molar refractivity (Wildman–Crippen MR) is 114 cm³/mol. The standard InChI is InChI=1S/C23H38O3Si/c1-17(19-13-9-7-10-14-19)21(24)18(2)22(25)23(3,26-27(4,5)6)20-15-11-8-12-16-20/h8,11-12,15-19,21,24H,7,9-10,13-14H2,1-6H3/t17-,18-,21+,23-/m0/s1. The molecule has 1 aliphatic carbocycles. The molecule has 0 aliphatic heterocycles. The lowest BCUT2D eigenvalue weighted by Gasteiger charge is -2.40. The Morgan fingerprint density at radius 1 is 1.11 bits per heavy atom. The molecule has 3 nitrogen and oxygen atoms in total. The molecule has 27 heavy (non-hydrogen) atoms. The molecular formula is C23H38O3Si. The predicted octanol–water partition coefficient (Wildman–Crippen LogP) is 5.54. The quantitative estimate of drug-likeness (QED) is 0.593. The van der Waals surface area contributed by atoms with E-state index < -0.39 is 25.9 Å². The lowest BCUT2D eigenvalue weighted by Crippen LogP contribution is -2.49. The van der Waals surface area contributed by atoms with Crippen LogP contribution in [0.25, 0.3) is 0 Å². The van der Waals surface area contributed by atoms with Crippen molar-refractivity contribution in [3.05, 3.63) is 35.9 Å². The van der Waals surface area contributed by atoms with Gasteiger partial charge >= 0.3 is 0 Å². The Morgan fingerprint density at radius 3 is 2.19 bits per heavy atom. The van der Waals surface area contributed by atoms with E-state index in [2.05, 4.69) is 26.6 Å². The Balaban J connectivity index is 2.25. The van der Waals surface area contributed by atoms with Gasteiger partial charge in [0.05, 0.1) is 6.10 Å². The first-order valence-electron chi connectivity index (χ1n) is 10.5. The molecule has 4 atom stereocenters. The van der Waals surface area contributed by atoms with Crippen LogP contribution >= 0.6 is 0 Å². The van der Waals surface area contributed by atoms with E-state index in [4.69, 9.17) is 4.43 Å². The van der Waals surface area contributed by atoms with Crippen molar-refractivity contribution in [1.29, 1.82) is 0 Å². The molecule has 152 valence electrons. The number of rotatable bonds is 8. The number of carbonyl (C=O) groups excluding carboxylic acids is 1. The molecule has 0 saturated heterocycles. The highest BCUT2D eigenvalue weighted by Gasteiger charge is 2.45. The van der Waals surface area contributed by atoms with Crippen LogP contribution in [0, 0.1) is 17.8 Å². The van der Waals surface area contributed by atoms with Gasteiger partial charge in [-0.1, -0.05) is 76.3 Å². The second-order valence-electron chi connectivity index (χ2n) is 9.51. The summed E-state index contributed by atoms with van der Waals surface area (Å²) in [6, 6.07) is 9.76. The van der Waals surface area contributed by atoms with Crippen LogP contribution in [0.2, 0.25) is 19.6 Å². The molecule has 4 heteroatoms. The summed E-state index contributed by atoms with van der Waals surface area (Å²) in [5, 5.41) is 11.1. The van der Waals surface area contributed by atoms with Crippen molar-refractivity contribution in [3.8, 4) is 0 Å². The zero-order valence-electron chi connectivity index (χ0n) is 18.0. The third-order valence-corrected chi connectivity index (χ3v) is 7.18. The second-order valence-corrected chi connectivity index (χ2v) is 13.9. The van der Waals surface area contributed by atoms with E-state index in [1.807, 2.05) is 44.2 Å². The number of Topliss-reactive ketones (excluding diaryl/α,β-unsaturated/α-hetero) is 1. The van der Waals surface area contributed by atoms with Crippen LogP contribution in [0.3, 0.4) is 0 Å². The van der Waals surface area contributed by atoms with Gasteiger partial charge in [0.2, 0.25) is 0 Å². The minimum Gasteiger partial charge on any atom is -0.402 e. The molecule has 1 aliphatic rings. The van der Waals surface area contributed by atoms with Crippen LogP contribution in [0.5, 0.6) is 0 Å². The first kappa shape index (κ1) is 22.3. The van der Waals surface area contributed by atoms with E-state index in [1.54, 1.807) is 0 Å². The SMILES string of the molecule is C[C@H](C(=O)[C@@](C)(O[Si](C)(C)C)c1ccccc1)[C@H](O)[C@@H](C)C1CCCCC1. The lowest BCUT2D eigenvalue weighted by atomic mass is 9.73. The summed E-state index contributed by atoms with van der Waals surface area (Å²) >= 11 is 0. The Hall–Kier alpha value is -0.973. The normalized spacial score (nSPS) is 21.9. The Kier molecular flexibility index (Phi) is 7.45. The maximum atomic E-state index is 13.6. The Bertz CT molecular complexity index is 604. The van der Waals surface area contributed by atoms with Crippen LogP contribution in [0.4, 0.5) is 0 Å². The summed E-state index contributed by atoms with van der Waals surface area (Å²) in [6.07, 6.45) is 5.48. The zero-order valence-corrected chi connectivity index (χ0v) is 19.0. The molecular weight excluding hydrogens is 352 g/mol. The Labute approximate surface area is 166 Å². The molecule has 0 aromatic heterocycles. The van der Waals surface area contributed by atoms with Crippen LogP contribution in [-0.4, -0.2) is 25.3 Å². The minimum absolute atomic E-state index is 0.00807.